The summed E-state index contributed by atoms with van der Waals surface area (Å²) in [6.45, 7) is 1.75. The highest BCUT2D eigenvalue weighted by molar-refractivity contribution is 5.69. The van der Waals surface area contributed by atoms with Crippen molar-refractivity contribution in [3.63, 3.8) is 0 Å². The van der Waals surface area contributed by atoms with E-state index in [-0.39, 0.29) is 5.92 Å². The highest BCUT2D eigenvalue weighted by atomic mass is 16.4. The van der Waals surface area contributed by atoms with Crippen molar-refractivity contribution in [2.75, 3.05) is 19.0 Å². The second kappa shape index (κ2) is 5.54. The summed E-state index contributed by atoms with van der Waals surface area (Å²) in [5.41, 5.74) is 2.35. The Morgan fingerprint density at radius 1 is 1.44 bits per heavy atom. The van der Waals surface area contributed by atoms with Crippen LogP contribution in [-0.4, -0.2) is 25.2 Å². The second-order valence-corrected chi connectivity index (χ2v) is 4.34. The van der Waals surface area contributed by atoms with Gasteiger partial charge in [0.2, 0.25) is 0 Å². The normalized spacial score (nSPS) is 12.2. The molecule has 1 unspecified atom stereocenters. The molecule has 0 saturated carbocycles. The number of anilines is 1. The molecule has 1 N–H and O–H groups in total. The van der Waals surface area contributed by atoms with Crippen molar-refractivity contribution in [1.82, 2.24) is 0 Å². The van der Waals surface area contributed by atoms with Gasteiger partial charge in [-0.15, -0.1) is 0 Å². The molecule has 0 radical (unpaired) electrons. The van der Waals surface area contributed by atoms with Gasteiger partial charge in [0.15, 0.2) is 0 Å². The van der Waals surface area contributed by atoms with Crippen molar-refractivity contribution < 1.29 is 9.90 Å². The average molecular weight is 221 g/mol. The summed E-state index contributed by atoms with van der Waals surface area (Å²) in [7, 11) is 4.00. The van der Waals surface area contributed by atoms with Gasteiger partial charge in [0, 0.05) is 19.8 Å². The van der Waals surface area contributed by atoms with E-state index >= 15 is 0 Å². The van der Waals surface area contributed by atoms with Crippen molar-refractivity contribution in [2.45, 2.75) is 19.8 Å². The molecule has 1 rings (SSSR count). The van der Waals surface area contributed by atoms with Crippen molar-refractivity contribution in [1.29, 1.82) is 0 Å². The van der Waals surface area contributed by atoms with E-state index in [1.807, 2.05) is 37.2 Å². The molecule has 0 spiro atoms. The Kier molecular flexibility index (Phi) is 4.35. The first-order valence-electron chi connectivity index (χ1n) is 5.49. The van der Waals surface area contributed by atoms with Crippen LogP contribution in [0.25, 0.3) is 0 Å². The molecule has 0 bridgehead atoms. The van der Waals surface area contributed by atoms with E-state index in [2.05, 4.69) is 6.07 Å². The minimum Gasteiger partial charge on any atom is -0.481 e. The van der Waals surface area contributed by atoms with E-state index in [1.54, 1.807) is 6.92 Å². The zero-order valence-corrected chi connectivity index (χ0v) is 10.1. The summed E-state index contributed by atoms with van der Waals surface area (Å²) in [5.74, 6) is -0.994. The highest BCUT2D eigenvalue weighted by Gasteiger charge is 2.10. The molecule has 0 saturated heterocycles. The largest absolute Gasteiger partial charge is 0.481 e. The first kappa shape index (κ1) is 12.6. The number of nitrogens with zero attached hydrogens (tertiary/aromatic N) is 1. The van der Waals surface area contributed by atoms with E-state index in [1.165, 1.54) is 5.56 Å². The zero-order valence-electron chi connectivity index (χ0n) is 10.1. The Labute approximate surface area is 96.7 Å². The molecule has 0 amide bonds. The maximum Gasteiger partial charge on any atom is 0.306 e. The van der Waals surface area contributed by atoms with Crippen LogP contribution in [0.4, 0.5) is 5.69 Å². The molecule has 1 aromatic rings. The van der Waals surface area contributed by atoms with Gasteiger partial charge in [0.05, 0.1) is 5.92 Å². The van der Waals surface area contributed by atoms with E-state index in [0.29, 0.717) is 6.42 Å². The molecular formula is C13H19NO2. The summed E-state index contributed by atoms with van der Waals surface area (Å²) < 4.78 is 0. The van der Waals surface area contributed by atoms with Gasteiger partial charge in [-0.2, -0.15) is 0 Å². The smallest absolute Gasteiger partial charge is 0.306 e. The van der Waals surface area contributed by atoms with Crippen LogP contribution >= 0.6 is 0 Å². The lowest BCUT2D eigenvalue weighted by Crippen LogP contribution is -2.11. The topological polar surface area (TPSA) is 40.5 Å². The van der Waals surface area contributed by atoms with Gasteiger partial charge in [-0.1, -0.05) is 19.1 Å². The number of aliphatic carboxylic acids is 1. The Bertz CT molecular complexity index is 361. The monoisotopic (exact) mass is 221 g/mol. The number of aryl methyl sites for hydroxylation is 1. The molecule has 0 heterocycles. The summed E-state index contributed by atoms with van der Waals surface area (Å²) in [6, 6.07) is 8.20. The molecule has 0 aliphatic heterocycles. The lowest BCUT2D eigenvalue weighted by Gasteiger charge is -2.14. The molecular weight excluding hydrogens is 202 g/mol. The SMILES string of the molecule is CC(CCc1cccc(N(C)C)c1)C(=O)O. The minimum absolute atomic E-state index is 0.275. The minimum atomic E-state index is -0.719. The molecule has 0 fully saturated rings. The summed E-state index contributed by atoms with van der Waals surface area (Å²) in [5, 5.41) is 8.79. The Balaban J connectivity index is 2.60. The predicted molar refractivity (Wildman–Crippen MR) is 65.9 cm³/mol. The number of carboxylic acid groups (broad SMARTS) is 1. The average Bonchev–Trinajstić information content (AvgIpc) is 2.26. The van der Waals surface area contributed by atoms with Crippen molar-refractivity contribution >= 4 is 11.7 Å². The maximum atomic E-state index is 10.7. The Hall–Kier alpha value is -1.51. The van der Waals surface area contributed by atoms with E-state index < -0.39 is 5.97 Å². The number of benzene rings is 1. The van der Waals surface area contributed by atoms with E-state index in [4.69, 9.17) is 5.11 Å². The summed E-state index contributed by atoms with van der Waals surface area (Å²) in [4.78, 5) is 12.7. The highest BCUT2D eigenvalue weighted by Crippen LogP contribution is 2.16. The molecule has 1 atom stereocenters. The summed E-state index contributed by atoms with van der Waals surface area (Å²) >= 11 is 0. The standard InChI is InChI=1S/C13H19NO2/c1-10(13(15)16)7-8-11-5-4-6-12(9-11)14(2)3/h4-6,9-10H,7-8H2,1-3H3,(H,15,16). The van der Waals surface area contributed by atoms with Crippen LogP contribution in [0, 0.1) is 5.92 Å². The van der Waals surface area contributed by atoms with E-state index in [9.17, 15) is 4.79 Å². The second-order valence-electron chi connectivity index (χ2n) is 4.34. The van der Waals surface area contributed by atoms with Gasteiger partial charge in [-0.05, 0) is 30.5 Å². The number of hydrogen-bond donors (Lipinski definition) is 1. The van der Waals surface area contributed by atoms with Gasteiger partial charge in [0.25, 0.3) is 0 Å². The van der Waals surface area contributed by atoms with Gasteiger partial charge in [0.1, 0.15) is 0 Å². The van der Waals surface area contributed by atoms with Crippen LogP contribution in [-0.2, 0) is 11.2 Å². The van der Waals surface area contributed by atoms with Crippen LogP contribution in [0.3, 0.4) is 0 Å². The Morgan fingerprint density at radius 2 is 2.12 bits per heavy atom. The van der Waals surface area contributed by atoms with Crippen LogP contribution in [0.15, 0.2) is 24.3 Å². The number of carboxylic acids is 1. The quantitative estimate of drug-likeness (QED) is 0.830. The first-order valence-corrected chi connectivity index (χ1v) is 5.49. The fourth-order valence-corrected chi connectivity index (χ4v) is 1.50. The first-order chi connectivity index (χ1) is 7.50. The van der Waals surface area contributed by atoms with E-state index in [0.717, 1.165) is 12.1 Å². The van der Waals surface area contributed by atoms with Crippen LogP contribution < -0.4 is 4.90 Å². The van der Waals surface area contributed by atoms with Crippen LogP contribution in [0.1, 0.15) is 18.9 Å². The molecule has 3 heteroatoms. The number of hydrogen-bond acceptors (Lipinski definition) is 2. The molecule has 16 heavy (non-hydrogen) atoms. The van der Waals surface area contributed by atoms with Crippen LogP contribution in [0.2, 0.25) is 0 Å². The van der Waals surface area contributed by atoms with Gasteiger partial charge >= 0.3 is 5.97 Å². The fraction of sp³-hybridized carbons (Fsp3) is 0.462. The lowest BCUT2D eigenvalue weighted by atomic mass is 10.0. The number of carbonyl (C=O) groups is 1. The summed E-state index contributed by atoms with van der Waals surface area (Å²) in [6.07, 6.45) is 1.50. The van der Waals surface area contributed by atoms with Crippen molar-refractivity contribution in [3.8, 4) is 0 Å². The molecule has 88 valence electrons. The number of rotatable bonds is 5. The third-order valence-corrected chi connectivity index (χ3v) is 2.71. The molecule has 0 aliphatic carbocycles. The third kappa shape index (κ3) is 3.57. The molecule has 0 aliphatic rings. The Morgan fingerprint density at radius 3 is 2.69 bits per heavy atom. The molecule has 3 nitrogen and oxygen atoms in total. The lowest BCUT2D eigenvalue weighted by molar-refractivity contribution is -0.141. The zero-order chi connectivity index (χ0) is 12.1. The third-order valence-electron chi connectivity index (χ3n) is 2.71. The van der Waals surface area contributed by atoms with Gasteiger partial charge < -0.3 is 10.0 Å². The van der Waals surface area contributed by atoms with Gasteiger partial charge in [-0.25, -0.2) is 0 Å². The predicted octanol–water partition coefficient (Wildman–Crippen LogP) is 2.41. The van der Waals surface area contributed by atoms with Crippen molar-refractivity contribution in [2.24, 2.45) is 5.92 Å². The fourth-order valence-electron chi connectivity index (χ4n) is 1.50. The van der Waals surface area contributed by atoms with Crippen molar-refractivity contribution in [3.05, 3.63) is 29.8 Å². The molecule has 1 aromatic carbocycles. The van der Waals surface area contributed by atoms with Gasteiger partial charge in [-0.3, -0.25) is 4.79 Å². The van der Waals surface area contributed by atoms with Crippen LogP contribution in [0.5, 0.6) is 0 Å². The molecule has 0 aromatic heterocycles. The maximum absolute atomic E-state index is 10.7.